The van der Waals surface area contributed by atoms with Gasteiger partial charge in [-0.2, -0.15) is 0 Å². The molecule has 0 bridgehead atoms. The summed E-state index contributed by atoms with van der Waals surface area (Å²) >= 11 is 3.37. The maximum atomic E-state index is 5.36. The summed E-state index contributed by atoms with van der Waals surface area (Å²) in [5, 5.41) is 0. The summed E-state index contributed by atoms with van der Waals surface area (Å²) in [5.74, 6) is 0.856. The van der Waals surface area contributed by atoms with Crippen LogP contribution in [0.1, 0.15) is 5.56 Å². The van der Waals surface area contributed by atoms with Crippen molar-refractivity contribution in [3.8, 4) is 17.0 Å². The van der Waals surface area contributed by atoms with Crippen molar-refractivity contribution in [1.82, 2.24) is 4.98 Å². The first kappa shape index (κ1) is 11.1. The van der Waals surface area contributed by atoms with Crippen molar-refractivity contribution >= 4 is 15.9 Å². The first-order valence-corrected chi connectivity index (χ1v) is 5.76. The smallest absolute Gasteiger partial charge is 0.128 e. The van der Waals surface area contributed by atoms with Crippen molar-refractivity contribution in [3.63, 3.8) is 0 Å². The molecule has 2 aromatic rings. The highest BCUT2D eigenvalue weighted by molar-refractivity contribution is 9.10. The lowest BCUT2D eigenvalue weighted by molar-refractivity contribution is 0.416. The highest BCUT2D eigenvalue weighted by Gasteiger charge is 2.06. The first-order valence-electron chi connectivity index (χ1n) is 4.97. The molecule has 0 unspecified atom stereocenters. The number of aromatic nitrogens is 1. The number of halogens is 1. The van der Waals surface area contributed by atoms with Crippen molar-refractivity contribution in [1.29, 1.82) is 0 Å². The Bertz CT molecular complexity index is 494. The third-order valence-electron chi connectivity index (χ3n) is 2.36. The van der Waals surface area contributed by atoms with E-state index in [0.717, 1.165) is 21.5 Å². The minimum Gasteiger partial charge on any atom is -0.496 e. The number of hydrogen-bond acceptors (Lipinski definition) is 2. The van der Waals surface area contributed by atoms with Gasteiger partial charge < -0.3 is 4.74 Å². The van der Waals surface area contributed by atoms with E-state index in [4.69, 9.17) is 4.74 Å². The van der Waals surface area contributed by atoms with Crippen LogP contribution in [0.15, 0.2) is 41.0 Å². The fourth-order valence-corrected chi connectivity index (χ4v) is 1.78. The van der Waals surface area contributed by atoms with E-state index in [2.05, 4.69) is 27.0 Å². The number of aryl methyl sites for hydroxylation is 1. The van der Waals surface area contributed by atoms with Crippen molar-refractivity contribution in [2.45, 2.75) is 6.92 Å². The zero-order valence-electron chi connectivity index (χ0n) is 9.20. The molecule has 0 radical (unpaired) electrons. The number of nitrogens with zero attached hydrogens (tertiary/aromatic N) is 1. The average Bonchev–Trinajstić information content (AvgIpc) is 2.30. The molecule has 16 heavy (non-hydrogen) atoms. The van der Waals surface area contributed by atoms with Crippen molar-refractivity contribution < 1.29 is 4.74 Å². The predicted octanol–water partition coefficient (Wildman–Crippen LogP) is 3.83. The summed E-state index contributed by atoms with van der Waals surface area (Å²) in [6, 6.07) is 10.0. The van der Waals surface area contributed by atoms with Crippen LogP contribution in [0, 0.1) is 6.92 Å². The number of pyridine rings is 1. The van der Waals surface area contributed by atoms with Crippen LogP contribution in [0.2, 0.25) is 0 Å². The molecule has 3 heteroatoms. The lowest BCUT2D eigenvalue weighted by atomic mass is 10.1. The van der Waals surface area contributed by atoms with Gasteiger partial charge in [-0.15, -0.1) is 0 Å². The Morgan fingerprint density at radius 1 is 1.19 bits per heavy atom. The molecular weight excluding hydrogens is 266 g/mol. The van der Waals surface area contributed by atoms with Crippen LogP contribution >= 0.6 is 15.9 Å². The van der Waals surface area contributed by atoms with Crippen molar-refractivity contribution in [2.75, 3.05) is 7.11 Å². The lowest BCUT2D eigenvalue weighted by Gasteiger charge is -2.08. The highest BCUT2D eigenvalue weighted by atomic mass is 79.9. The van der Waals surface area contributed by atoms with Gasteiger partial charge in [0.25, 0.3) is 0 Å². The highest BCUT2D eigenvalue weighted by Crippen LogP contribution is 2.29. The molecule has 0 spiro atoms. The molecule has 1 heterocycles. The molecule has 2 nitrogen and oxygen atoms in total. The van der Waals surface area contributed by atoms with Crippen molar-refractivity contribution in [3.05, 3.63) is 46.6 Å². The molecule has 0 amide bonds. The maximum Gasteiger partial charge on any atom is 0.128 e. The maximum absolute atomic E-state index is 5.36. The average molecular weight is 278 g/mol. The van der Waals surface area contributed by atoms with E-state index >= 15 is 0 Å². The summed E-state index contributed by atoms with van der Waals surface area (Å²) in [5.41, 5.74) is 3.11. The summed E-state index contributed by atoms with van der Waals surface area (Å²) in [6.07, 6.45) is 1.79. The van der Waals surface area contributed by atoms with Crippen LogP contribution in [-0.2, 0) is 0 Å². The van der Waals surface area contributed by atoms with Crippen LogP contribution < -0.4 is 4.74 Å². The zero-order valence-corrected chi connectivity index (χ0v) is 10.8. The quantitative estimate of drug-likeness (QED) is 0.833. The van der Waals surface area contributed by atoms with Gasteiger partial charge in [-0.1, -0.05) is 6.07 Å². The summed E-state index contributed by atoms with van der Waals surface area (Å²) < 4.78 is 6.33. The van der Waals surface area contributed by atoms with Crippen LogP contribution in [-0.4, -0.2) is 12.1 Å². The molecule has 0 aliphatic heterocycles. The Kier molecular flexibility index (Phi) is 3.25. The van der Waals surface area contributed by atoms with E-state index in [1.807, 2.05) is 31.2 Å². The van der Waals surface area contributed by atoms with Gasteiger partial charge >= 0.3 is 0 Å². The number of methoxy groups -OCH3 is 1. The summed E-state index contributed by atoms with van der Waals surface area (Å²) in [4.78, 5) is 4.36. The molecular formula is C13H12BrNO. The van der Waals surface area contributed by atoms with Crippen LogP contribution in [0.3, 0.4) is 0 Å². The first-order chi connectivity index (χ1) is 7.70. The van der Waals surface area contributed by atoms with Gasteiger partial charge in [-0.3, -0.25) is 4.98 Å². The van der Waals surface area contributed by atoms with Gasteiger partial charge in [-0.25, -0.2) is 0 Å². The van der Waals surface area contributed by atoms with E-state index in [-0.39, 0.29) is 0 Å². The fourth-order valence-electron chi connectivity index (χ4n) is 1.55. The Morgan fingerprint density at radius 3 is 2.62 bits per heavy atom. The van der Waals surface area contributed by atoms with Gasteiger partial charge in [0, 0.05) is 16.2 Å². The molecule has 0 aliphatic carbocycles. The second-order valence-electron chi connectivity index (χ2n) is 3.57. The standard InChI is InChI=1S/C13H12BrNO/c1-9-3-5-11(13(7-9)16-2)12-6-4-10(14)8-15-12/h3-8H,1-2H3. The van der Waals surface area contributed by atoms with E-state index in [1.165, 1.54) is 5.56 Å². The second kappa shape index (κ2) is 4.66. The Hall–Kier alpha value is -1.35. The fraction of sp³-hybridized carbons (Fsp3) is 0.154. The van der Waals surface area contributed by atoms with Crippen LogP contribution in [0.25, 0.3) is 11.3 Å². The van der Waals surface area contributed by atoms with Gasteiger partial charge in [-0.05, 0) is 52.7 Å². The number of benzene rings is 1. The van der Waals surface area contributed by atoms with E-state index < -0.39 is 0 Å². The van der Waals surface area contributed by atoms with E-state index in [1.54, 1.807) is 13.3 Å². The second-order valence-corrected chi connectivity index (χ2v) is 4.48. The number of hydrogen-bond donors (Lipinski definition) is 0. The monoisotopic (exact) mass is 277 g/mol. The van der Waals surface area contributed by atoms with Crippen molar-refractivity contribution in [2.24, 2.45) is 0 Å². The Morgan fingerprint density at radius 2 is 2.00 bits per heavy atom. The Labute approximate surface area is 103 Å². The van der Waals surface area contributed by atoms with Crippen LogP contribution in [0.4, 0.5) is 0 Å². The third kappa shape index (κ3) is 2.25. The van der Waals surface area contributed by atoms with Gasteiger partial charge in [0.05, 0.1) is 12.8 Å². The molecule has 1 aromatic carbocycles. The third-order valence-corrected chi connectivity index (χ3v) is 2.83. The van der Waals surface area contributed by atoms with E-state index in [0.29, 0.717) is 0 Å². The molecule has 0 saturated heterocycles. The molecule has 0 N–H and O–H groups in total. The largest absolute Gasteiger partial charge is 0.496 e. The molecule has 2 rings (SSSR count). The molecule has 0 fully saturated rings. The number of rotatable bonds is 2. The predicted molar refractivity (Wildman–Crippen MR) is 68.7 cm³/mol. The minimum absolute atomic E-state index is 0.856. The molecule has 82 valence electrons. The molecule has 1 aromatic heterocycles. The minimum atomic E-state index is 0.856. The summed E-state index contributed by atoms with van der Waals surface area (Å²) in [7, 11) is 1.68. The van der Waals surface area contributed by atoms with Gasteiger partial charge in [0.15, 0.2) is 0 Å². The molecule has 0 saturated carbocycles. The summed E-state index contributed by atoms with van der Waals surface area (Å²) in [6.45, 7) is 2.04. The Balaban J connectivity index is 2.51. The number of ether oxygens (including phenoxy) is 1. The zero-order chi connectivity index (χ0) is 11.5. The lowest BCUT2D eigenvalue weighted by Crippen LogP contribution is -1.90. The molecule has 0 aliphatic rings. The van der Waals surface area contributed by atoms with Crippen LogP contribution in [0.5, 0.6) is 5.75 Å². The molecule has 0 atom stereocenters. The van der Waals surface area contributed by atoms with Gasteiger partial charge in [0.2, 0.25) is 0 Å². The topological polar surface area (TPSA) is 22.1 Å². The van der Waals surface area contributed by atoms with Gasteiger partial charge in [0.1, 0.15) is 5.75 Å². The SMILES string of the molecule is COc1cc(C)ccc1-c1ccc(Br)cn1. The normalized spacial score (nSPS) is 10.2. The van der Waals surface area contributed by atoms with E-state index in [9.17, 15) is 0 Å².